The Morgan fingerprint density at radius 3 is 2.53 bits per heavy atom. The van der Waals surface area contributed by atoms with Crippen LogP contribution in [0.3, 0.4) is 0 Å². The lowest BCUT2D eigenvalue weighted by Crippen LogP contribution is -2.21. The minimum Gasteiger partial charge on any atom is -0.497 e. The van der Waals surface area contributed by atoms with E-state index >= 15 is 0 Å². The van der Waals surface area contributed by atoms with Gasteiger partial charge in [-0.15, -0.1) is 0 Å². The summed E-state index contributed by atoms with van der Waals surface area (Å²) in [5, 5.41) is 22.6. The first-order chi connectivity index (χ1) is 16.6. The molecule has 0 aliphatic rings. The summed E-state index contributed by atoms with van der Waals surface area (Å²) in [6.45, 7) is 0.0903. The molecule has 4 rings (SSSR count). The van der Waals surface area contributed by atoms with Gasteiger partial charge in [0.25, 0.3) is 0 Å². The van der Waals surface area contributed by atoms with Gasteiger partial charge in [0.15, 0.2) is 5.78 Å². The molecule has 1 aromatic heterocycles. The zero-order valence-corrected chi connectivity index (χ0v) is 19.0. The molecule has 0 aliphatic carbocycles. The smallest absolute Gasteiger partial charge is 0.191 e. The number of hydrogen-bond acceptors (Lipinski definition) is 6. The molecular weight excluding hydrogens is 432 g/mol. The number of fused-ring (bicyclic) bond motifs is 1. The highest BCUT2D eigenvalue weighted by Crippen LogP contribution is 2.32. The van der Waals surface area contributed by atoms with Gasteiger partial charge in [-0.2, -0.15) is 0 Å². The van der Waals surface area contributed by atoms with Gasteiger partial charge in [-0.25, -0.2) is 0 Å². The molecule has 0 spiro atoms. The summed E-state index contributed by atoms with van der Waals surface area (Å²) in [6.07, 6.45) is 2.25. The average Bonchev–Trinajstić information content (AvgIpc) is 3.29. The zero-order chi connectivity index (χ0) is 23.9. The highest BCUT2D eigenvalue weighted by atomic mass is 16.5. The van der Waals surface area contributed by atoms with Crippen LogP contribution in [0.25, 0.3) is 10.9 Å². The van der Waals surface area contributed by atoms with Crippen molar-refractivity contribution in [3.8, 4) is 11.5 Å². The first-order valence-corrected chi connectivity index (χ1v) is 11.1. The third-order valence-electron chi connectivity index (χ3n) is 5.59. The Morgan fingerprint density at radius 2 is 1.79 bits per heavy atom. The number of aliphatic hydroxyl groups excluding tert-OH is 2. The molecule has 4 N–H and O–H groups in total. The van der Waals surface area contributed by atoms with Gasteiger partial charge in [-0.1, -0.05) is 36.4 Å². The topological polar surface area (TPSA) is 104 Å². The van der Waals surface area contributed by atoms with Gasteiger partial charge in [0.1, 0.15) is 24.1 Å². The maximum Gasteiger partial charge on any atom is 0.191 e. The number of aromatic amines is 1. The molecule has 34 heavy (non-hydrogen) atoms. The second kappa shape index (κ2) is 10.9. The van der Waals surface area contributed by atoms with Crippen LogP contribution in [-0.2, 0) is 6.42 Å². The van der Waals surface area contributed by atoms with Crippen LogP contribution in [-0.4, -0.2) is 47.9 Å². The minimum atomic E-state index is -0.667. The number of hydrogen-bond donors (Lipinski definition) is 4. The number of benzene rings is 3. The van der Waals surface area contributed by atoms with Crippen LogP contribution in [0.15, 0.2) is 72.9 Å². The number of aromatic nitrogens is 1. The van der Waals surface area contributed by atoms with Crippen molar-refractivity contribution in [2.24, 2.45) is 0 Å². The molecule has 7 heteroatoms. The molecule has 0 saturated heterocycles. The van der Waals surface area contributed by atoms with Gasteiger partial charge in [0, 0.05) is 53.2 Å². The normalized spacial score (nSPS) is 11.9. The zero-order valence-electron chi connectivity index (χ0n) is 19.0. The van der Waals surface area contributed by atoms with Crippen molar-refractivity contribution in [2.45, 2.75) is 12.5 Å². The van der Waals surface area contributed by atoms with E-state index in [-0.39, 0.29) is 25.6 Å². The molecule has 7 nitrogen and oxygen atoms in total. The van der Waals surface area contributed by atoms with E-state index in [1.165, 1.54) is 0 Å². The van der Waals surface area contributed by atoms with E-state index in [1.807, 2.05) is 48.5 Å². The number of Topliss-reactive ketones (excluding diaryl/α,β-unsaturated/α-hetero) is 1. The summed E-state index contributed by atoms with van der Waals surface area (Å²) in [5.74, 6) is 0.994. The van der Waals surface area contributed by atoms with Crippen molar-refractivity contribution < 1.29 is 24.5 Å². The molecule has 0 bridgehead atoms. The summed E-state index contributed by atoms with van der Waals surface area (Å²) < 4.78 is 11.0. The number of nitrogens with one attached hydrogen (secondary N) is 2. The van der Waals surface area contributed by atoms with Crippen LogP contribution in [0.1, 0.15) is 27.5 Å². The summed E-state index contributed by atoms with van der Waals surface area (Å²) in [4.78, 5) is 17.1. The van der Waals surface area contributed by atoms with Gasteiger partial charge in [0.2, 0.25) is 0 Å². The van der Waals surface area contributed by atoms with Crippen molar-refractivity contribution in [1.82, 2.24) is 4.98 Å². The van der Waals surface area contributed by atoms with Crippen molar-refractivity contribution in [3.63, 3.8) is 0 Å². The summed E-state index contributed by atoms with van der Waals surface area (Å²) in [6, 6.07) is 20.0. The molecule has 1 unspecified atom stereocenters. The largest absolute Gasteiger partial charge is 0.497 e. The van der Waals surface area contributed by atoms with Gasteiger partial charge >= 0.3 is 0 Å². The molecule has 1 atom stereocenters. The average molecular weight is 461 g/mol. The molecule has 3 aromatic carbocycles. The van der Waals surface area contributed by atoms with Gasteiger partial charge in [-0.05, 0) is 29.7 Å². The van der Waals surface area contributed by atoms with E-state index in [9.17, 15) is 9.90 Å². The van der Waals surface area contributed by atoms with Crippen molar-refractivity contribution in [3.05, 3.63) is 89.6 Å². The fraction of sp³-hybridized carbons (Fsp3) is 0.222. The minimum absolute atomic E-state index is 0.0456. The third kappa shape index (κ3) is 5.22. The van der Waals surface area contributed by atoms with Crippen molar-refractivity contribution in [1.29, 1.82) is 0 Å². The number of rotatable bonds is 11. The van der Waals surface area contributed by atoms with Crippen molar-refractivity contribution in [2.75, 3.05) is 32.2 Å². The Bertz CT molecular complexity index is 1250. The van der Waals surface area contributed by atoms with E-state index in [1.54, 1.807) is 31.5 Å². The molecule has 0 fully saturated rings. The van der Waals surface area contributed by atoms with E-state index in [0.29, 0.717) is 29.2 Å². The van der Waals surface area contributed by atoms with Gasteiger partial charge < -0.3 is 30.0 Å². The predicted molar refractivity (Wildman–Crippen MR) is 132 cm³/mol. The van der Waals surface area contributed by atoms with E-state index in [2.05, 4.69) is 10.3 Å². The van der Waals surface area contributed by atoms with Crippen LogP contribution in [0.5, 0.6) is 11.5 Å². The first kappa shape index (κ1) is 23.4. The third-order valence-corrected chi connectivity index (χ3v) is 5.59. The van der Waals surface area contributed by atoms with Crippen LogP contribution >= 0.6 is 0 Å². The number of ketones is 1. The van der Waals surface area contributed by atoms with Gasteiger partial charge in [0.05, 0.1) is 13.7 Å². The fourth-order valence-corrected chi connectivity index (χ4v) is 3.94. The fourth-order valence-electron chi connectivity index (χ4n) is 3.94. The number of ether oxygens (including phenoxy) is 2. The number of carbonyl (C=O) groups is 1. The molecule has 0 amide bonds. The molecule has 0 saturated carbocycles. The maximum absolute atomic E-state index is 13.9. The van der Waals surface area contributed by atoms with Crippen LogP contribution in [0.4, 0.5) is 5.69 Å². The molecule has 0 radical (unpaired) electrons. The lowest BCUT2D eigenvalue weighted by Gasteiger charge is -2.20. The predicted octanol–water partition coefficient (Wildman–Crippen LogP) is 4.12. The van der Waals surface area contributed by atoms with Crippen molar-refractivity contribution >= 4 is 22.4 Å². The number of H-pyrrole nitrogens is 1. The van der Waals surface area contributed by atoms with Crippen LogP contribution < -0.4 is 14.8 Å². The number of aliphatic hydroxyl groups is 2. The molecule has 1 heterocycles. The quantitative estimate of drug-likeness (QED) is 0.251. The summed E-state index contributed by atoms with van der Waals surface area (Å²) in [5.41, 5.74) is 3.85. The van der Waals surface area contributed by atoms with E-state index in [4.69, 9.17) is 14.6 Å². The summed E-state index contributed by atoms with van der Waals surface area (Å²) in [7, 11) is 1.56. The number of carbonyl (C=O) groups excluding carboxylic acids is 1. The van der Waals surface area contributed by atoms with E-state index < -0.39 is 6.04 Å². The van der Waals surface area contributed by atoms with E-state index in [0.717, 1.165) is 22.0 Å². The maximum atomic E-state index is 13.9. The number of methoxy groups -OCH3 is 1. The second-order valence-electron chi connectivity index (χ2n) is 7.88. The second-order valence-corrected chi connectivity index (χ2v) is 7.88. The SMILES string of the molecule is COc1cc(NC(C(=O)c2c[nH]c3ccc(CCO)cc23)c2ccccc2)cc(OCCO)c1. The number of anilines is 1. The monoisotopic (exact) mass is 460 g/mol. The first-order valence-electron chi connectivity index (χ1n) is 11.1. The molecule has 0 aliphatic heterocycles. The standard InChI is InChI=1S/C27H28N2O5/c1-33-21-14-20(15-22(16-21)34-12-11-31)29-26(19-5-3-2-4-6-19)27(32)24-17-28-25-8-7-18(9-10-30)13-23(24)25/h2-8,13-17,26,28-31H,9-12H2,1H3. The summed E-state index contributed by atoms with van der Waals surface area (Å²) >= 11 is 0. The Labute approximate surface area is 198 Å². The van der Waals surface area contributed by atoms with Crippen LogP contribution in [0, 0.1) is 0 Å². The van der Waals surface area contributed by atoms with Gasteiger partial charge in [-0.3, -0.25) is 4.79 Å². The Kier molecular flexibility index (Phi) is 7.47. The molecule has 4 aromatic rings. The lowest BCUT2D eigenvalue weighted by molar-refractivity contribution is 0.0971. The Balaban J connectivity index is 1.73. The molecule has 176 valence electrons. The highest BCUT2D eigenvalue weighted by molar-refractivity contribution is 6.11. The lowest BCUT2D eigenvalue weighted by atomic mass is 9.96. The van der Waals surface area contributed by atoms with Crippen LogP contribution in [0.2, 0.25) is 0 Å². The highest BCUT2D eigenvalue weighted by Gasteiger charge is 2.25. The Morgan fingerprint density at radius 1 is 1.00 bits per heavy atom. The Hall–Kier alpha value is -3.81. The molecular formula is C27H28N2O5.